The van der Waals surface area contributed by atoms with Gasteiger partial charge in [-0.3, -0.25) is 0 Å². The first-order chi connectivity index (χ1) is 9.22. The summed E-state index contributed by atoms with van der Waals surface area (Å²) in [5, 5.41) is 0. The Kier molecular flexibility index (Phi) is 4.02. The van der Waals surface area contributed by atoms with Crippen LogP contribution in [0.4, 0.5) is 4.79 Å². The first-order valence-electron chi connectivity index (χ1n) is 5.76. The summed E-state index contributed by atoms with van der Waals surface area (Å²) in [4.78, 5) is 15.1. The van der Waals surface area contributed by atoms with Gasteiger partial charge in [0.2, 0.25) is 5.88 Å². The van der Waals surface area contributed by atoms with Crippen molar-refractivity contribution < 1.29 is 19.0 Å². The van der Waals surface area contributed by atoms with Crippen LogP contribution < -0.4 is 9.47 Å². The molecule has 0 unspecified atom stereocenters. The molecule has 0 N–H and O–H groups in total. The Morgan fingerprint density at radius 2 is 2.26 bits per heavy atom. The first-order valence-corrected chi connectivity index (χ1v) is 5.76. The van der Waals surface area contributed by atoms with E-state index in [0.717, 1.165) is 11.4 Å². The Hall–Kier alpha value is -2.50. The molecular weight excluding hydrogens is 248 g/mol. The largest absolute Gasteiger partial charge is 0.515 e. The van der Waals surface area contributed by atoms with E-state index in [4.69, 9.17) is 9.47 Å². The Morgan fingerprint density at radius 1 is 1.42 bits per heavy atom. The van der Waals surface area contributed by atoms with Crippen molar-refractivity contribution in [2.75, 3.05) is 13.7 Å². The lowest BCUT2D eigenvalue weighted by Gasteiger charge is -2.04. The van der Waals surface area contributed by atoms with E-state index in [2.05, 4.69) is 9.72 Å². The number of carbonyl (C=O) groups excluding carboxylic acids is 1. The highest BCUT2D eigenvalue weighted by molar-refractivity contribution is 5.62. The third kappa shape index (κ3) is 3.25. The molecule has 19 heavy (non-hydrogen) atoms. The van der Waals surface area contributed by atoms with Gasteiger partial charge in [0.15, 0.2) is 0 Å². The molecule has 0 spiro atoms. The third-order valence-corrected chi connectivity index (χ3v) is 2.36. The van der Waals surface area contributed by atoms with Crippen molar-refractivity contribution in [1.82, 2.24) is 9.55 Å². The Morgan fingerprint density at radius 3 is 3.00 bits per heavy atom. The van der Waals surface area contributed by atoms with Crippen molar-refractivity contribution in [3.05, 3.63) is 36.8 Å². The molecule has 0 bridgehead atoms. The van der Waals surface area contributed by atoms with Gasteiger partial charge >= 0.3 is 6.16 Å². The molecule has 0 radical (unpaired) electrons. The maximum Gasteiger partial charge on any atom is 0.515 e. The minimum atomic E-state index is -0.765. The third-order valence-electron chi connectivity index (χ3n) is 2.36. The Balaban J connectivity index is 2.13. The molecule has 0 aliphatic carbocycles. The fraction of sp³-hybridized carbons (Fsp3) is 0.231. The molecule has 100 valence electrons. The number of aromatic nitrogens is 2. The average molecular weight is 262 g/mol. The zero-order valence-corrected chi connectivity index (χ0v) is 10.7. The minimum absolute atomic E-state index is 0.182. The van der Waals surface area contributed by atoms with Crippen LogP contribution >= 0.6 is 0 Å². The number of benzene rings is 1. The van der Waals surface area contributed by atoms with Crippen LogP contribution in [0, 0.1) is 0 Å². The molecule has 1 heterocycles. The van der Waals surface area contributed by atoms with Crippen LogP contribution in [-0.4, -0.2) is 29.4 Å². The van der Waals surface area contributed by atoms with E-state index < -0.39 is 6.16 Å². The van der Waals surface area contributed by atoms with Crippen LogP contribution in [0.5, 0.6) is 11.6 Å². The summed E-state index contributed by atoms with van der Waals surface area (Å²) in [6.45, 7) is 1.96. The van der Waals surface area contributed by atoms with Gasteiger partial charge in [0.25, 0.3) is 0 Å². The van der Waals surface area contributed by atoms with Gasteiger partial charge in [-0.2, -0.15) is 0 Å². The highest BCUT2D eigenvalue weighted by Gasteiger charge is 2.08. The number of carbonyl (C=O) groups is 1. The first kappa shape index (κ1) is 12.9. The van der Waals surface area contributed by atoms with Crippen LogP contribution in [0.1, 0.15) is 6.92 Å². The number of methoxy groups -OCH3 is 1. The van der Waals surface area contributed by atoms with E-state index in [9.17, 15) is 4.79 Å². The highest BCUT2D eigenvalue weighted by atomic mass is 16.7. The van der Waals surface area contributed by atoms with Crippen molar-refractivity contribution in [3.8, 4) is 17.3 Å². The van der Waals surface area contributed by atoms with Gasteiger partial charge in [0.1, 0.15) is 12.1 Å². The summed E-state index contributed by atoms with van der Waals surface area (Å²) in [6, 6.07) is 7.44. The van der Waals surface area contributed by atoms with E-state index in [0.29, 0.717) is 0 Å². The molecule has 0 amide bonds. The van der Waals surface area contributed by atoms with Crippen LogP contribution in [0.15, 0.2) is 36.8 Å². The van der Waals surface area contributed by atoms with Gasteiger partial charge in [-0.15, -0.1) is 0 Å². The maximum absolute atomic E-state index is 11.1. The molecule has 6 nitrogen and oxygen atoms in total. The summed E-state index contributed by atoms with van der Waals surface area (Å²) in [7, 11) is 1.60. The monoisotopic (exact) mass is 262 g/mol. The van der Waals surface area contributed by atoms with Crippen molar-refractivity contribution >= 4 is 6.16 Å². The molecular formula is C13H14N2O4. The fourth-order valence-corrected chi connectivity index (χ4v) is 1.50. The summed E-state index contributed by atoms with van der Waals surface area (Å²) in [5.41, 5.74) is 0.852. The zero-order chi connectivity index (χ0) is 13.7. The van der Waals surface area contributed by atoms with E-state index in [1.54, 1.807) is 31.1 Å². The number of hydrogen-bond acceptors (Lipinski definition) is 5. The van der Waals surface area contributed by atoms with Crippen molar-refractivity contribution in [1.29, 1.82) is 0 Å². The SMILES string of the molecule is CCOC(=O)Oc1cn(-c2cccc(OC)c2)cn1. The molecule has 6 heteroatoms. The number of hydrogen-bond donors (Lipinski definition) is 0. The smallest absolute Gasteiger partial charge is 0.497 e. The second-order valence-electron chi connectivity index (χ2n) is 3.61. The summed E-state index contributed by atoms with van der Waals surface area (Å²) >= 11 is 0. The molecule has 0 saturated heterocycles. The van der Waals surface area contributed by atoms with Gasteiger partial charge in [0, 0.05) is 6.07 Å². The predicted octanol–water partition coefficient (Wildman–Crippen LogP) is 2.42. The maximum atomic E-state index is 11.1. The number of nitrogens with zero attached hydrogens (tertiary/aromatic N) is 2. The van der Waals surface area contributed by atoms with Crippen LogP contribution in [0.2, 0.25) is 0 Å². The van der Waals surface area contributed by atoms with E-state index in [-0.39, 0.29) is 12.5 Å². The molecule has 1 aromatic carbocycles. The highest BCUT2D eigenvalue weighted by Crippen LogP contribution is 2.18. The quantitative estimate of drug-likeness (QED) is 0.792. The lowest BCUT2D eigenvalue weighted by Crippen LogP contribution is -2.10. The molecule has 2 rings (SSSR count). The van der Waals surface area contributed by atoms with Gasteiger partial charge < -0.3 is 18.8 Å². The molecule has 0 saturated carbocycles. The van der Waals surface area contributed by atoms with Crippen molar-refractivity contribution in [2.24, 2.45) is 0 Å². The zero-order valence-electron chi connectivity index (χ0n) is 10.7. The van der Waals surface area contributed by atoms with Crippen LogP contribution in [0.25, 0.3) is 5.69 Å². The second kappa shape index (κ2) is 5.90. The molecule has 0 aliphatic heterocycles. The normalized spacial score (nSPS) is 10.0. The molecule has 2 aromatic rings. The molecule has 0 aliphatic rings. The molecule has 1 aromatic heterocycles. The van der Waals surface area contributed by atoms with Crippen molar-refractivity contribution in [2.45, 2.75) is 6.92 Å². The minimum Gasteiger partial charge on any atom is -0.497 e. The summed E-state index contributed by atoms with van der Waals surface area (Å²) < 4.78 is 16.4. The van der Waals surface area contributed by atoms with E-state index >= 15 is 0 Å². The van der Waals surface area contributed by atoms with Crippen molar-refractivity contribution in [3.63, 3.8) is 0 Å². The Bertz CT molecular complexity index is 565. The fourth-order valence-electron chi connectivity index (χ4n) is 1.50. The number of ether oxygens (including phenoxy) is 3. The van der Waals surface area contributed by atoms with E-state index in [1.807, 2.05) is 24.3 Å². The molecule has 0 fully saturated rings. The van der Waals surface area contributed by atoms with Gasteiger partial charge in [0.05, 0.1) is 25.6 Å². The Labute approximate surface area is 110 Å². The number of imidazole rings is 1. The number of rotatable bonds is 4. The van der Waals surface area contributed by atoms with E-state index in [1.165, 1.54) is 0 Å². The second-order valence-corrected chi connectivity index (χ2v) is 3.61. The van der Waals surface area contributed by atoms with Gasteiger partial charge in [-0.05, 0) is 19.1 Å². The average Bonchev–Trinajstić information content (AvgIpc) is 2.87. The standard InChI is InChI=1S/C13H14N2O4/c1-3-18-13(16)19-12-8-15(9-14-12)10-5-4-6-11(7-10)17-2/h4-9H,3H2,1-2H3. The van der Waals surface area contributed by atoms with Gasteiger partial charge in [-0.1, -0.05) is 6.07 Å². The lowest BCUT2D eigenvalue weighted by molar-refractivity contribution is 0.103. The van der Waals surface area contributed by atoms with Crippen LogP contribution in [-0.2, 0) is 4.74 Å². The lowest BCUT2D eigenvalue weighted by atomic mass is 10.3. The summed E-state index contributed by atoms with van der Waals surface area (Å²) in [6.07, 6.45) is 2.37. The predicted molar refractivity (Wildman–Crippen MR) is 67.8 cm³/mol. The van der Waals surface area contributed by atoms with Crippen LogP contribution in [0.3, 0.4) is 0 Å². The molecule has 0 atom stereocenters. The summed E-state index contributed by atoms with van der Waals surface area (Å²) in [5.74, 6) is 0.917. The van der Waals surface area contributed by atoms with Gasteiger partial charge in [-0.25, -0.2) is 9.78 Å². The topological polar surface area (TPSA) is 62.6 Å².